The Bertz CT molecular complexity index is 1050. The van der Waals surface area contributed by atoms with Gasteiger partial charge < -0.3 is 15.4 Å². The first-order valence-electron chi connectivity index (χ1n) is 10.7. The van der Waals surface area contributed by atoms with Crippen molar-refractivity contribution in [2.75, 3.05) is 13.2 Å². The van der Waals surface area contributed by atoms with E-state index in [-0.39, 0.29) is 18.5 Å². The maximum atomic E-state index is 13.3. The minimum absolute atomic E-state index is 0.105. The number of fused-ring (bicyclic) bond motifs is 2. The van der Waals surface area contributed by atoms with Crippen LogP contribution in [0.25, 0.3) is 0 Å². The molecule has 5 rings (SSSR count). The highest BCUT2D eigenvalue weighted by molar-refractivity contribution is 6.09. The van der Waals surface area contributed by atoms with Gasteiger partial charge in [0.15, 0.2) is 5.54 Å². The maximum absolute atomic E-state index is 13.3. The zero-order chi connectivity index (χ0) is 21.6. The number of carbonyl (C=O) groups excluding carboxylic acids is 3. The molecule has 0 unspecified atom stereocenters. The number of benzene rings is 2. The van der Waals surface area contributed by atoms with E-state index >= 15 is 0 Å². The van der Waals surface area contributed by atoms with Crippen LogP contribution in [-0.4, -0.2) is 35.9 Å². The number of imide groups is 1. The van der Waals surface area contributed by atoms with E-state index in [2.05, 4.69) is 10.6 Å². The molecule has 2 heterocycles. The zero-order valence-corrected chi connectivity index (χ0v) is 17.4. The van der Waals surface area contributed by atoms with Gasteiger partial charge in [-0.05, 0) is 37.3 Å². The molecule has 2 atom stereocenters. The normalized spacial score (nSPS) is 23.2. The van der Waals surface area contributed by atoms with Gasteiger partial charge in [0.05, 0.1) is 12.6 Å². The Balaban J connectivity index is 1.33. The number of aryl methyl sites for hydroxylation is 1. The first-order valence-corrected chi connectivity index (χ1v) is 10.7. The Kier molecular flexibility index (Phi) is 4.68. The lowest BCUT2D eigenvalue weighted by molar-refractivity contribution is -0.136. The molecule has 0 bridgehead atoms. The summed E-state index contributed by atoms with van der Waals surface area (Å²) in [5.74, 6) is 0.241. The van der Waals surface area contributed by atoms with Crippen LogP contribution < -0.4 is 15.4 Å². The standard InChI is InChI=1S/C24H25N3O4/c1-15-6-8-16(9-7-15)21(17-10-11-17)25-20(28)14-27-22(29)24(26-23(27)30)12-13-31-19-5-3-2-4-18(19)24/h2-9,17,21H,10-14H2,1H3,(H,25,28)(H,26,30)/t21-,24-/m1/s1. The van der Waals surface area contributed by atoms with E-state index in [9.17, 15) is 14.4 Å². The molecule has 160 valence electrons. The van der Waals surface area contributed by atoms with Crippen molar-refractivity contribution in [2.45, 2.75) is 37.8 Å². The third-order valence-electron chi connectivity index (χ3n) is 6.41. The van der Waals surface area contributed by atoms with Gasteiger partial charge in [-0.3, -0.25) is 14.5 Å². The predicted molar refractivity (Wildman–Crippen MR) is 113 cm³/mol. The summed E-state index contributed by atoms with van der Waals surface area (Å²) in [5, 5.41) is 5.89. The smallest absolute Gasteiger partial charge is 0.325 e. The van der Waals surface area contributed by atoms with E-state index in [0.29, 0.717) is 30.3 Å². The van der Waals surface area contributed by atoms with Crippen molar-refractivity contribution < 1.29 is 19.1 Å². The van der Waals surface area contributed by atoms with Crippen LogP contribution in [0.3, 0.4) is 0 Å². The summed E-state index contributed by atoms with van der Waals surface area (Å²) in [7, 11) is 0. The van der Waals surface area contributed by atoms with Crippen LogP contribution in [0, 0.1) is 12.8 Å². The first kappa shape index (κ1) is 19.6. The van der Waals surface area contributed by atoms with Crippen LogP contribution in [0.1, 0.15) is 42.0 Å². The van der Waals surface area contributed by atoms with Gasteiger partial charge in [0.2, 0.25) is 5.91 Å². The van der Waals surface area contributed by atoms with Crippen LogP contribution in [0.5, 0.6) is 5.75 Å². The van der Waals surface area contributed by atoms with Crippen molar-refractivity contribution in [3.63, 3.8) is 0 Å². The van der Waals surface area contributed by atoms with E-state index in [1.54, 1.807) is 12.1 Å². The van der Waals surface area contributed by atoms with Crippen molar-refractivity contribution in [2.24, 2.45) is 5.92 Å². The highest BCUT2D eigenvalue weighted by atomic mass is 16.5. The van der Waals surface area contributed by atoms with Crippen LogP contribution in [-0.2, 0) is 15.1 Å². The largest absolute Gasteiger partial charge is 0.493 e. The molecule has 3 aliphatic rings. The Morgan fingerprint density at radius 1 is 1.19 bits per heavy atom. The van der Waals surface area contributed by atoms with Crippen molar-refractivity contribution >= 4 is 17.8 Å². The highest BCUT2D eigenvalue weighted by Crippen LogP contribution is 2.42. The van der Waals surface area contributed by atoms with Gasteiger partial charge in [-0.2, -0.15) is 0 Å². The molecule has 2 N–H and O–H groups in total. The summed E-state index contributed by atoms with van der Waals surface area (Å²) in [6.07, 6.45) is 2.45. The van der Waals surface area contributed by atoms with Gasteiger partial charge in [-0.1, -0.05) is 48.0 Å². The summed E-state index contributed by atoms with van der Waals surface area (Å²) in [5.41, 5.74) is 1.68. The molecule has 1 spiro atoms. The lowest BCUT2D eigenvalue weighted by Crippen LogP contribution is -2.48. The zero-order valence-electron chi connectivity index (χ0n) is 17.4. The number of nitrogens with one attached hydrogen (secondary N) is 2. The molecule has 1 saturated heterocycles. The molecule has 0 radical (unpaired) electrons. The van der Waals surface area contributed by atoms with Gasteiger partial charge in [-0.25, -0.2) is 4.79 Å². The van der Waals surface area contributed by atoms with Gasteiger partial charge in [0, 0.05) is 12.0 Å². The van der Waals surface area contributed by atoms with Gasteiger partial charge >= 0.3 is 6.03 Å². The number of rotatable bonds is 5. The summed E-state index contributed by atoms with van der Waals surface area (Å²) in [6, 6.07) is 14.7. The molecular formula is C24H25N3O4. The van der Waals surface area contributed by atoms with Crippen molar-refractivity contribution in [1.29, 1.82) is 0 Å². The molecule has 31 heavy (non-hydrogen) atoms. The number of hydrogen-bond acceptors (Lipinski definition) is 4. The fraction of sp³-hybridized carbons (Fsp3) is 0.375. The van der Waals surface area contributed by atoms with Crippen LogP contribution >= 0.6 is 0 Å². The first-order chi connectivity index (χ1) is 15.0. The molecule has 0 aromatic heterocycles. The molecule has 2 fully saturated rings. The van der Waals surface area contributed by atoms with Crippen LogP contribution in [0.15, 0.2) is 48.5 Å². The Morgan fingerprint density at radius 2 is 1.94 bits per heavy atom. The molecular weight excluding hydrogens is 394 g/mol. The molecule has 7 heteroatoms. The average molecular weight is 419 g/mol. The molecule has 7 nitrogen and oxygen atoms in total. The summed E-state index contributed by atoms with van der Waals surface area (Å²) >= 11 is 0. The van der Waals surface area contributed by atoms with E-state index in [0.717, 1.165) is 28.9 Å². The van der Waals surface area contributed by atoms with Crippen molar-refractivity contribution in [1.82, 2.24) is 15.5 Å². The second-order valence-corrected chi connectivity index (χ2v) is 8.61. The van der Waals surface area contributed by atoms with Gasteiger partial charge in [0.25, 0.3) is 5.91 Å². The predicted octanol–water partition coefficient (Wildman–Crippen LogP) is 2.79. The summed E-state index contributed by atoms with van der Waals surface area (Å²) in [4.78, 5) is 40.0. The molecule has 1 aliphatic carbocycles. The molecule has 2 aromatic carbocycles. The third-order valence-corrected chi connectivity index (χ3v) is 6.41. The highest BCUT2D eigenvalue weighted by Gasteiger charge is 2.55. The monoisotopic (exact) mass is 419 g/mol. The summed E-state index contributed by atoms with van der Waals surface area (Å²) in [6.45, 7) is 2.04. The topological polar surface area (TPSA) is 87.7 Å². The number of carbonyl (C=O) groups is 3. The minimum Gasteiger partial charge on any atom is -0.493 e. The maximum Gasteiger partial charge on any atom is 0.325 e. The number of amides is 4. The average Bonchev–Trinajstić information content (AvgIpc) is 3.58. The number of ether oxygens (including phenoxy) is 1. The number of hydrogen-bond donors (Lipinski definition) is 2. The Hall–Kier alpha value is -3.35. The number of urea groups is 1. The van der Waals surface area contributed by atoms with E-state index in [1.807, 2.05) is 43.3 Å². The lowest BCUT2D eigenvalue weighted by Gasteiger charge is -2.33. The minimum atomic E-state index is -1.17. The SMILES string of the molecule is Cc1ccc([C@@H](NC(=O)CN2C(=O)N[C@@]3(CCOc4ccccc43)C2=O)C2CC2)cc1. The second-order valence-electron chi connectivity index (χ2n) is 8.61. The molecule has 4 amide bonds. The molecule has 2 aliphatic heterocycles. The molecule has 2 aromatic rings. The fourth-order valence-corrected chi connectivity index (χ4v) is 4.55. The van der Waals surface area contributed by atoms with Crippen LogP contribution in [0.4, 0.5) is 4.79 Å². The molecule has 1 saturated carbocycles. The van der Waals surface area contributed by atoms with E-state index in [1.165, 1.54) is 0 Å². The van der Waals surface area contributed by atoms with Crippen molar-refractivity contribution in [3.8, 4) is 5.75 Å². The van der Waals surface area contributed by atoms with Gasteiger partial charge in [-0.15, -0.1) is 0 Å². The van der Waals surface area contributed by atoms with Crippen molar-refractivity contribution in [3.05, 3.63) is 65.2 Å². The van der Waals surface area contributed by atoms with Crippen LogP contribution in [0.2, 0.25) is 0 Å². The number of nitrogens with zero attached hydrogens (tertiary/aromatic N) is 1. The fourth-order valence-electron chi connectivity index (χ4n) is 4.55. The second kappa shape index (κ2) is 7.41. The summed E-state index contributed by atoms with van der Waals surface area (Å²) < 4.78 is 5.65. The lowest BCUT2D eigenvalue weighted by atomic mass is 9.84. The van der Waals surface area contributed by atoms with E-state index < -0.39 is 17.5 Å². The van der Waals surface area contributed by atoms with Gasteiger partial charge in [0.1, 0.15) is 12.3 Å². The van der Waals surface area contributed by atoms with E-state index in [4.69, 9.17) is 4.74 Å². The quantitative estimate of drug-likeness (QED) is 0.730. The third kappa shape index (κ3) is 3.44. The Morgan fingerprint density at radius 3 is 2.68 bits per heavy atom. The number of para-hydroxylation sites is 1. The Labute approximate surface area is 180 Å².